The standard InChI is InChI=1S/C15H21ClN2O/c1-11(13-9-5-6-10-14(13)16)17-15(19)18-12-7-3-2-4-8-12/h5-6,9-12H,2-4,7-8H2,1H3,(H2,17,18,19). The van der Waals surface area contributed by atoms with Gasteiger partial charge in [0.15, 0.2) is 0 Å². The summed E-state index contributed by atoms with van der Waals surface area (Å²) in [5.41, 5.74) is 0.947. The van der Waals surface area contributed by atoms with Gasteiger partial charge in [-0.05, 0) is 31.4 Å². The van der Waals surface area contributed by atoms with E-state index in [-0.39, 0.29) is 12.1 Å². The Morgan fingerprint density at radius 2 is 1.95 bits per heavy atom. The molecule has 2 N–H and O–H groups in total. The fraction of sp³-hybridized carbons (Fsp3) is 0.533. The van der Waals surface area contributed by atoms with Gasteiger partial charge in [0, 0.05) is 11.1 Å². The largest absolute Gasteiger partial charge is 0.335 e. The van der Waals surface area contributed by atoms with Gasteiger partial charge in [0.1, 0.15) is 0 Å². The lowest BCUT2D eigenvalue weighted by Gasteiger charge is -2.24. The highest BCUT2D eigenvalue weighted by molar-refractivity contribution is 6.31. The number of hydrogen-bond donors (Lipinski definition) is 2. The Bertz CT molecular complexity index is 430. The van der Waals surface area contributed by atoms with E-state index in [0.717, 1.165) is 18.4 Å². The van der Waals surface area contributed by atoms with Crippen molar-refractivity contribution in [2.45, 2.75) is 51.1 Å². The van der Waals surface area contributed by atoms with Gasteiger partial charge in [0.05, 0.1) is 6.04 Å². The van der Waals surface area contributed by atoms with Crippen LogP contribution in [0.15, 0.2) is 24.3 Å². The van der Waals surface area contributed by atoms with Crippen molar-refractivity contribution in [2.75, 3.05) is 0 Å². The third-order valence-electron chi connectivity index (χ3n) is 3.66. The number of urea groups is 1. The average Bonchev–Trinajstić information content (AvgIpc) is 2.40. The predicted octanol–water partition coefficient (Wildman–Crippen LogP) is 4.03. The summed E-state index contributed by atoms with van der Waals surface area (Å²) in [5.74, 6) is 0. The van der Waals surface area contributed by atoms with E-state index in [1.165, 1.54) is 19.3 Å². The van der Waals surface area contributed by atoms with E-state index in [1.54, 1.807) is 0 Å². The van der Waals surface area contributed by atoms with Crippen LogP contribution >= 0.6 is 11.6 Å². The summed E-state index contributed by atoms with van der Waals surface area (Å²) in [6.45, 7) is 1.95. The number of carbonyl (C=O) groups excluding carboxylic acids is 1. The molecule has 2 rings (SSSR count). The average molecular weight is 281 g/mol. The smallest absolute Gasteiger partial charge is 0.315 e. The second-order valence-electron chi connectivity index (χ2n) is 5.20. The monoisotopic (exact) mass is 280 g/mol. The molecule has 1 aromatic rings. The highest BCUT2D eigenvalue weighted by Gasteiger charge is 2.17. The molecular formula is C15H21ClN2O. The minimum absolute atomic E-state index is 0.0858. The number of benzene rings is 1. The Labute approximate surface area is 119 Å². The first kappa shape index (κ1) is 14.2. The van der Waals surface area contributed by atoms with Gasteiger partial charge >= 0.3 is 6.03 Å². The van der Waals surface area contributed by atoms with Gasteiger partial charge in [-0.2, -0.15) is 0 Å². The SMILES string of the molecule is CC(NC(=O)NC1CCCCC1)c1ccccc1Cl. The van der Waals surface area contributed by atoms with E-state index in [0.29, 0.717) is 11.1 Å². The molecule has 0 radical (unpaired) electrons. The molecule has 2 amide bonds. The van der Waals surface area contributed by atoms with Gasteiger partial charge in [0.2, 0.25) is 0 Å². The van der Waals surface area contributed by atoms with Crippen molar-refractivity contribution >= 4 is 17.6 Å². The molecule has 1 aromatic carbocycles. The molecule has 19 heavy (non-hydrogen) atoms. The summed E-state index contributed by atoms with van der Waals surface area (Å²) in [7, 11) is 0. The van der Waals surface area contributed by atoms with Gasteiger partial charge < -0.3 is 10.6 Å². The van der Waals surface area contributed by atoms with Crippen molar-refractivity contribution in [3.05, 3.63) is 34.9 Å². The maximum Gasteiger partial charge on any atom is 0.315 e. The fourth-order valence-corrected chi connectivity index (χ4v) is 2.87. The van der Waals surface area contributed by atoms with Crippen LogP contribution in [0.25, 0.3) is 0 Å². The van der Waals surface area contributed by atoms with Crippen molar-refractivity contribution in [2.24, 2.45) is 0 Å². The normalized spacial score (nSPS) is 17.8. The molecule has 1 atom stereocenters. The summed E-state index contributed by atoms with van der Waals surface area (Å²) in [6, 6.07) is 7.74. The van der Waals surface area contributed by atoms with Gasteiger partial charge in [-0.1, -0.05) is 49.1 Å². The van der Waals surface area contributed by atoms with Gasteiger partial charge in [0.25, 0.3) is 0 Å². The lowest BCUT2D eigenvalue weighted by molar-refractivity contribution is 0.229. The summed E-state index contributed by atoms with van der Waals surface area (Å²) in [4.78, 5) is 11.9. The lowest BCUT2D eigenvalue weighted by Crippen LogP contribution is -2.43. The van der Waals surface area contributed by atoms with E-state index in [4.69, 9.17) is 11.6 Å². The van der Waals surface area contributed by atoms with Crippen LogP contribution in [0.3, 0.4) is 0 Å². The molecule has 1 aliphatic rings. The Kier molecular flexibility index (Phi) is 5.08. The zero-order chi connectivity index (χ0) is 13.7. The molecule has 0 saturated heterocycles. The lowest BCUT2D eigenvalue weighted by atomic mass is 9.96. The quantitative estimate of drug-likeness (QED) is 0.862. The predicted molar refractivity (Wildman–Crippen MR) is 78.4 cm³/mol. The van der Waals surface area contributed by atoms with Crippen LogP contribution in [0.2, 0.25) is 5.02 Å². The molecule has 0 bridgehead atoms. The Hall–Kier alpha value is -1.22. The minimum atomic E-state index is -0.0979. The Morgan fingerprint density at radius 3 is 2.63 bits per heavy atom. The molecule has 0 aromatic heterocycles. The first-order valence-electron chi connectivity index (χ1n) is 6.98. The van der Waals surface area contributed by atoms with Crippen molar-refractivity contribution < 1.29 is 4.79 Å². The van der Waals surface area contributed by atoms with Crippen LogP contribution in [-0.2, 0) is 0 Å². The second kappa shape index (κ2) is 6.80. The van der Waals surface area contributed by atoms with Crippen LogP contribution in [0.5, 0.6) is 0 Å². The molecule has 3 nitrogen and oxygen atoms in total. The van der Waals surface area contributed by atoms with Crippen LogP contribution in [-0.4, -0.2) is 12.1 Å². The number of halogens is 1. The topological polar surface area (TPSA) is 41.1 Å². The minimum Gasteiger partial charge on any atom is -0.335 e. The molecule has 4 heteroatoms. The van der Waals surface area contributed by atoms with Crippen molar-refractivity contribution in [1.82, 2.24) is 10.6 Å². The zero-order valence-electron chi connectivity index (χ0n) is 11.3. The van der Waals surface area contributed by atoms with Gasteiger partial charge in [-0.3, -0.25) is 0 Å². The van der Waals surface area contributed by atoms with Crippen LogP contribution < -0.4 is 10.6 Å². The zero-order valence-corrected chi connectivity index (χ0v) is 12.0. The highest BCUT2D eigenvalue weighted by atomic mass is 35.5. The molecule has 1 fully saturated rings. The molecule has 0 heterocycles. The molecular weight excluding hydrogens is 260 g/mol. The van der Waals surface area contributed by atoms with Crippen molar-refractivity contribution in [3.63, 3.8) is 0 Å². The van der Waals surface area contributed by atoms with E-state index >= 15 is 0 Å². The highest BCUT2D eigenvalue weighted by Crippen LogP contribution is 2.22. The summed E-state index contributed by atoms with van der Waals surface area (Å²) in [6.07, 6.45) is 5.90. The Morgan fingerprint density at radius 1 is 1.26 bits per heavy atom. The van der Waals surface area contributed by atoms with Crippen molar-refractivity contribution in [3.8, 4) is 0 Å². The fourth-order valence-electron chi connectivity index (χ4n) is 2.57. The number of carbonyl (C=O) groups is 1. The molecule has 1 saturated carbocycles. The maximum atomic E-state index is 11.9. The summed E-state index contributed by atoms with van der Waals surface area (Å²) < 4.78 is 0. The molecule has 0 spiro atoms. The molecule has 1 aliphatic carbocycles. The summed E-state index contributed by atoms with van der Waals surface area (Å²) >= 11 is 6.12. The number of rotatable bonds is 3. The van der Waals surface area contributed by atoms with Crippen molar-refractivity contribution in [1.29, 1.82) is 0 Å². The van der Waals surface area contributed by atoms with Crippen LogP contribution in [0.1, 0.15) is 50.6 Å². The van der Waals surface area contributed by atoms with E-state index in [1.807, 2.05) is 31.2 Å². The van der Waals surface area contributed by atoms with Crippen LogP contribution in [0.4, 0.5) is 4.79 Å². The summed E-state index contributed by atoms with van der Waals surface area (Å²) in [5, 5.41) is 6.68. The molecule has 1 unspecified atom stereocenters. The van der Waals surface area contributed by atoms with E-state index in [2.05, 4.69) is 10.6 Å². The number of amides is 2. The van der Waals surface area contributed by atoms with E-state index in [9.17, 15) is 4.79 Å². The maximum absolute atomic E-state index is 11.9. The van der Waals surface area contributed by atoms with Crippen LogP contribution in [0, 0.1) is 0 Å². The Balaban J connectivity index is 1.86. The van der Waals surface area contributed by atoms with Gasteiger partial charge in [-0.25, -0.2) is 4.79 Å². The third-order valence-corrected chi connectivity index (χ3v) is 4.00. The van der Waals surface area contributed by atoms with Gasteiger partial charge in [-0.15, -0.1) is 0 Å². The first-order valence-corrected chi connectivity index (χ1v) is 7.36. The molecule has 0 aliphatic heterocycles. The van der Waals surface area contributed by atoms with E-state index < -0.39 is 0 Å². The number of hydrogen-bond acceptors (Lipinski definition) is 1. The molecule has 104 valence electrons. The first-order chi connectivity index (χ1) is 9.16. The third kappa shape index (κ3) is 4.13. The number of nitrogens with one attached hydrogen (secondary N) is 2. The second-order valence-corrected chi connectivity index (χ2v) is 5.60.